The van der Waals surface area contributed by atoms with E-state index in [-0.39, 0.29) is 0 Å². The maximum atomic E-state index is 5.46. The Morgan fingerprint density at radius 3 is 2.79 bits per heavy atom. The zero-order chi connectivity index (χ0) is 9.97. The lowest BCUT2D eigenvalue weighted by molar-refractivity contribution is 0.309. The van der Waals surface area contributed by atoms with E-state index >= 15 is 0 Å². The molecule has 0 aliphatic heterocycles. The average Bonchev–Trinajstić information content (AvgIpc) is 2.93. The molecule has 2 N–H and O–H groups in total. The minimum absolute atomic E-state index is 0.485. The summed E-state index contributed by atoms with van der Waals surface area (Å²) in [5, 5.41) is 0. The zero-order valence-electron chi connectivity index (χ0n) is 8.48. The molecule has 1 heterocycles. The molecule has 4 nitrogen and oxygen atoms in total. The molecule has 1 aromatic rings. The molecule has 1 aliphatic carbocycles. The van der Waals surface area contributed by atoms with Gasteiger partial charge in [-0.3, -0.25) is 4.98 Å². The van der Waals surface area contributed by atoms with E-state index in [0.29, 0.717) is 5.82 Å². The standard InChI is InChI=1S/C10H16N4/c1-14(6-8-2-3-8)7-9-4-13-10(11)5-12-9/h4-5,8H,2-3,6-7H2,1H3,(H2,11,13). The second kappa shape index (κ2) is 3.92. The largest absolute Gasteiger partial charge is 0.382 e. The number of hydrogen-bond donors (Lipinski definition) is 1. The normalized spacial score (nSPS) is 16.1. The van der Waals surface area contributed by atoms with Gasteiger partial charge in [-0.2, -0.15) is 0 Å². The van der Waals surface area contributed by atoms with Crippen molar-refractivity contribution in [3.8, 4) is 0 Å². The lowest BCUT2D eigenvalue weighted by atomic mass is 10.3. The van der Waals surface area contributed by atoms with Crippen LogP contribution in [-0.2, 0) is 6.54 Å². The third-order valence-corrected chi connectivity index (χ3v) is 2.42. The summed E-state index contributed by atoms with van der Waals surface area (Å²) in [6, 6.07) is 0. The Balaban J connectivity index is 1.85. The Hall–Kier alpha value is -1.16. The molecule has 0 radical (unpaired) electrons. The van der Waals surface area contributed by atoms with Gasteiger partial charge in [0.1, 0.15) is 5.82 Å². The number of rotatable bonds is 4. The van der Waals surface area contributed by atoms with E-state index < -0.39 is 0 Å². The molecule has 0 atom stereocenters. The molecule has 1 fully saturated rings. The molecular formula is C10H16N4. The van der Waals surface area contributed by atoms with E-state index in [4.69, 9.17) is 5.73 Å². The monoisotopic (exact) mass is 192 g/mol. The molecule has 4 heteroatoms. The predicted molar refractivity (Wildman–Crippen MR) is 55.5 cm³/mol. The Bertz CT molecular complexity index is 291. The lowest BCUT2D eigenvalue weighted by Gasteiger charge is -2.14. The number of aromatic nitrogens is 2. The first kappa shape index (κ1) is 9.40. The van der Waals surface area contributed by atoms with Gasteiger partial charge in [0.2, 0.25) is 0 Å². The summed E-state index contributed by atoms with van der Waals surface area (Å²) in [5.74, 6) is 1.40. The molecule has 2 rings (SSSR count). The maximum Gasteiger partial charge on any atom is 0.141 e. The SMILES string of the molecule is CN(Cc1cnc(N)cn1)CC1CC1. The Labute approximate surface area is 84.2 Å². The highest BCUT2D eigenvalue weighted by atomic mass is 15.1. The van der Waals surface area contributed by atoms with E-state index in [1.807, 2.05) is 0 Å². The molecule has 0 amide bonds. The van der Waals surface area contributed by atoms with Crippen LogP contribution < -0.4 is 5.73 Å². The van der Waals surface area contributed by atoms with Gasteiger partial charge in [0.15, 0.2) is 0 Å². The highest BCUT2D eigenvalue weighted by Gasteiger charge is 2.22. The number of nitrogens with two attached hydrogens (primary N) is 1. The number of hydrogen-bond acceptors (Lipinski definition) is 4. The van der Waals surface area contributed by atoms with Crippen molar-refractivity contribution in [3.05, 3.63) is 18.1 Å². The first-order valence-corrected chi connectivity index (χ1v) is 4.99. The summed E-state index contributed by atoms with van der Waals surface area (Å²) in [5.41, 5.74) is 6.45. The smallest absolute Gasteiger partial charge is 0.141 e. The Morgan fingerprint density at radius 2 is 2.21 bits per heavy atom. The summed E-state index contributed by atoms with van der Waals surface area (Å²) >= 11 is 0. The van der Waals surface area contributed by atoms with Crippen molar-refractivity contribution < 1.29 is 0 Å². The van der Waals surface area contributed by atoms with Gasteiger partial charge in [-0.15, -0.1) is 0 Å². The first-order valence-electron chi connectivity index (χ1n) is 4.99. The van der Waals surface area contributed by atoms with Crippen molar-refractivity contribution in [2.75, 3.05) is 19.3 Å². The highest BCUT2D eigenvalue weighted by Crippen LogP contribution is 2.29. The molecule has 14 heavy (non-hydrogen) atoms. The van der Waals surface area contributed by atoms with Crippen LogP contribution in [0.25, 0.3) is 0 Å². The minimum Gasteiger partial charge on any atom is -0.382 e. The van der Waals surface area contributed by atoms with Gasteiger partial charge in [-0.25, -0.2) is 4.98 Å². The maximum absolute atomic E-state index is 5.46. The van der Waals surface area contributed by atoms with Gasteiger partial charge in [-0.05, 0) is 25.8 Å². The predicted octanol–water partition coefficient (Wildman–Crippen LogP) is 0.901. The molecule has 1 aliphatic rings. The van der Waals surface area contributed by atoms with Gasteiger partial charge < -0.3 is 10.6 Å². The number of nitrogens with zero attached hydrogens (tertiary/aromatic N) is 3. The summed E-state index contributed by atoms with van der Waals surface area (Å²) in [7, 11) is 2.12. The van der Waals surface area contributed by atoms with Gasteiger partial charge >= 0.3 is 0 Å². The second-order valence-corrected chi connectivity index (χ2v) is 4.07. The first-order chi connectivity index (χ1) is 6.74. The fourth-order valence-corrected chi connectivity index (χ4v) is 1.53. The fourth-order valence-electron chi connectivity index (χ4n) is 1.53. The molecule has 76 valence electrons. The molecule has 0 bridgehead atoms. The Morgan fingerprint density at radius 1 is 1.43 bits per heavy atom. The molecule has 1 aromatic heterocycles. The van der Waals surface area contributed by atoms with Crippen molar-refractivity contribution in [2.24, 2.45) is 5.92 Å². The fraction of sp³-hybridized carbons (Fsp3) is 0.600. The van der Waals surface area contributed by atoms with Crippen LogP contribution in [0.2, 0.25) is 0 Å². The third-order valence-electron chi connectivity index (χ3n) is 2.42. The number of anilines is 1. The van der Waals surface area contributed by atoms with E-state index in [9.17, 15) is 0 Å². The van der Waals surface area contributed by atoms with Gasteiger partial charge in [0, 0.05) is 13.1 Å². The van der Waals surface area contributed by atoms with Crippen LogP contribution in [0, 0.1) is 5.92 Å². The molecule has 0 spiro atoms. The van der Waals surface area contributed by atoms with E-state index in [1.165, 1.54) is 19.4 Å². The van der Waals surface area contributed by atoms with Crippen molar-refractivity contribution >= 4 is 5.82 Å². The van der Waals surface area contributed by atoms with Crippen LogP contribution in [0.1, 0.15) is 18.5 Å². The van der Waals surface area contributed by atoms with E-state index in [0.717, 1.165) is 18.2 Å². The Kier molecular flexibility index (Phi) is 2.63. The van der Waals surface area contributed by atoms with Gasteiger partial charge in [0.25, 0.3) is 0 Å². The van der Waals surface area contributed by atoms with Crippen LogP contribution in [0.15, 0.2) is 12.4 Å². The minimum atomic E-state index is 0.485. The van der Waals surface area contributed by atoms with E-state index in [2.05, 4.69) is 21.9 Å². The molecule has 0 saturated heterocycles. The lowest BCUT2D eigenvalue weighted by Crippen LogP contribution is -2.21. The molecular weight excluding hydrogens is 176 g/mol. The average molecular weight is 192 g/mol. The number of nitrogen functional groups attached to an aromatic ring is 1. The van der Waals surface area contributed by atoms with Gasteiger partial charge in [0.05, 0.1) is 18.1 Å². The van der Waals surface area contributed by atoms with Crippen LogP contribution in [0.4, 0.5) is 5.82 Å². The van der Waals surface area contributed by atoms with E-state index in [1.54, 1.807) is 12.4 Å². The summed E-state index contributed by atoms with van der Waals surface area (Å²) in [6.07, 6.45) is 6.13. The zero-order valence-corrected chi connectivity index (χ0v) is 8.48. The van der Waals surface area contributed by atoms with Crippen molar-refractivity contribution in [1.82, 2.24) is 14.9 Å². The summed E-state index contributed by atoms with van der Waals surface area (Å²) in [6.45, 7) is 2.04. The molecule has 0 unspecified atom stereocenters. The van der Waals surface area contributed by atoms with Crippen molar-refractivity contribution in [2.45, 2.75) is 19.4 Å². The van der Waals surface area contributed by atoms with Crippen LogP contribution in [0.3, 0.4) is 0 Å². The van der Waals surface area contributed by atoms with Crippen molar-refractivity contribution in [3.63, 3.8) is 0 Å². The van der Waals surface area contributed by atoms with Crippen LogP contribution >= 0.6 is 0 Å². The van der Waals surface area contributed by atoms with Crippen molar-refractivity contribution in [1.29, 1.82) is 0 Å². The quantitative estimate of drug-likeness (QED) is 0.770. The highest BCUT2D eigenvalue weighted by molar-refractivity contribution is 5.22. The summed E-state index contributed by atoms with van der Waals surface area (Å²) in [4.78, 5) is 10.5. The molecule has 1 saturated carbocycles. The summed E-state index contributed by atoms with van der Waals surface area (Å²) < 4.78 is 0. The second-order valence-electron chi connectivity index (χ2n) is 4.07. The van der Waals surface area contributed by atoms with Crippen LogP contribution in [0.5, 0.6) is 0 Å². The molecule has 0 aromatic carbocycles. The topological polar surface area (TPSA) is 55.0 Å². The van der Waals surface area contributed by atoms with Crippen LogP contribution in [-0.4, -0.2) is 28.5 Å². The van der Waals surface area contributed by atoms with Gasteiger partial charge in [-0.1, -0.05) is 0 Å². The third kappa shape index (κ3) is 2.67.